The Bertz CT molecular complexity index is 415. The lowest BCUT2D eigenvalue weighted by molar-refractivity contribution is 0.0167. The third-order valence-corrected chi connectivity index (χ3v) is 3.69. The third kappa shape index (κ3) is 3.67. The van der Waals surface area contributed by atoms with Crippen molar-refractivity contribution in [2.45, 2.75) is 45.8 Å². The summed E-state index contributed by atoms with van der Waals surface area (Å²) < 4.78 is 11.1. The summed E-state index contributed by atoms with van der Waals surface area (Å²) in [5.74, 6) is 0.945. The van der Waals surface area contributed by atoms with Gasteiger partial charge in [0.05, 0.1) is 18.9 Å². The number of pyridine rings is 1. The van der Waals surface area contributed by atoms with Crippen LogP contribution in [0.5, 0.6) is 5.75 Å². The number of ether oxygens (including phenoxy) is 2. The van der Waals surface area contributed by atoms with Crippen LogP contribution >= 0.6 is 0 Å². The molecule has 1 aromatic heterocycles. The van der Waals surface area contributed by atoms with Crippen molar-refractivity contribution >= 4 is 0 Å². The second-order valence-electron chi connectivity index (χ2n) is 5.17. The highest BCUT2D eigenvalue weighted by Crippen LogP contribution is 2.23. The Kier molecular flexibility index (Phi) is 5.16. The first-order valence-electron chi connectivity index (χ1n) is 7.03. The quantitative estimate of drug-likeness (QED) is 0.886. The van der Waals surface area contributed by atoms with Crippen molar-refractivity contribution in [3.05, 3.63) is 23.0 Å². The van der Waals surface area contributed by atoms with Gasteiger partial charge in [-0.2, -0.15) is 0 Å². The van der Waals surface area contributed by atoms with Gasteiger partial charge in [0.25, 0.3) is 0 Å². The van der Waals surface area contributed by atoms with Crippen LogP contribution < -0.4 is 10.1 Å². The number of rotatable bonds is 5. The molecule has 1 N–H and O–H groups in total. The predicted octanol–water partition coefficient (Wildman–Crippen LogP) is 2.37. The maximum Gasteiger partial charge on any atom is 0.128 e. The molecule has 0 saturated carbocycles. The second kappa shape index (κ2) is 6.87. The summed E-state index contributed by atoms with van der Waals surface area (Å²) in [4.78, 5) is 4.49. The molecule has 1 atom stereocenters. The lowest BCUT2D eigenvalue weighted by Crippen LogP contribution is -2.31. The lowest BCUT2D eigenvalue weighted by Gasteiger charge is -2.23. The van der Waals surface area contributed by atoms with Gasteiger partial charge in [-0.15, -0.1) is 0 Å². The molecule has 0 spiro atoms. The van der Waals surface area contributed by atoms with Crippen molar-refractivity contribution in [2.24, 2.45) is 0 Å². The van der Waals surface area contributed by atoms with Crippen LogP contribution in [0.15, 0.2) is 6.20 Å². The molecular formula is C15H24N2O2. The Morgan fingerprint density at radius 1 is 1.42 bits per heavy atom. The fourth-order valence-corrected chi connectivity index (χ4v) is 2.57. The van der Waals surface area contributed by atoms with E-state index in [0.29, 0.717) is 6.10 Å². The van der Waals surface area contributed by atoms with E-state index in [1.54, 1.807) is 7.11 Å². The summed E-state index contributed by atoms with van der Waals surface area (Å²) in [7, 11) is 1.71. The van der Waals surface area contributed by atoms with E-state index in [1.807, 2.05) is 13.1 Å². The topological polar surface area (TPSA) is 43.4 Å². The van der Waals surface area contributed by atoms with Gasteiger partial charge in [-0.1, -0.05) is 0 Å². The highest BCUT2D eigenvalue weighted by Gasteiger charge is 2.14. The molecule has 0 aromatic carbocycles. The van der Waals surface area contributed by atoms with Crippen molar-refractivity contribution in [3.63, 3.8) is 0 Å². The Hall–Kier alpha value is -1.13. The fraction of sp³-hybridized carbons (Fsp3) is 0.667. The average Bonchev–Trinajstić information content (AvgIpc) is 2.43. The van der Waals surface area contributed by atoms with Gasteiger partial charge >= 0.3 is 0 Å². The molecule has 19 heavy (non-hydrogen) atoms. The van der Waals surface area contributed by atoms with E-state index in [9.17, 15) is 0 Å². The van der Waals surface area contributed by atoms with Gasteiger partial charge in [-0.25, -0.2) is 0 Å². The molecule has 4 heteroatoms. The monoisotopic (exact) mass is 264 g/mol. The van der Waals surface area contributed by atoms with E-state index in [-0.39, 0.29) is 0 Å². The number of aromatic nitrogens is 1. The normalized spacial score (nSPS) is 19.4. The molecule has 0 bridgehead atoms. The van der Waals surface area contributed by atoms with Gasteiger partial charge in [0.2, 0.25) is 0 Å². The first-order valence-corrected chi connectivity index (χ1v) is 7.03. The molecule has 1 aliphatic rings. The molecular weight excluding hydrogens is 240 g/mol. The predicted molar refractivity (Wildman–Crippen MR) is 75.6 cm³/mol. The van der Waals surface area contributed by atoms with Crippen LogP contribution in [0.1, 0.15) is 36.1 Å². The summed E-state index contributed by atoms with van der Waals surface area (Å²) in [5.41, 5.74) is 3.26. The van der Waals surface area contributed by atoms with Gasteiger partial charge in [0.15, 0.2) is 0 Å². The van der Waals surface area contributed by atoms with Crippen molar-refractivity contribution in [1.29, 1.82) is 0 Å². The first kappa shape index (κ1) is 14.3. The molecule has 0 aliphatic carbocycles. The van der Waals surface area contributed by atoms with Gasteiger partial charge in [0, 0.05) is 37.0 Å². The molecule has 1 saturated heterocycles. The Labute approximate surface area is 115 Å². The van der Waals surface area contributed by atoms with Crippen molar-refractivity contribution < 1.29 is 9.47 Å². The first-order chi connectivity index (χ1) is 9.22. The van der Waals surface area contributed by atoms with E-state index < -0.39 is 0 Å². The third-order valence-electron chi connectivity index (χ3n) is 3.69. The number of methoxy groups -OCH3 is 1. The highest BCUT2D eigenvalue weighted by atomic mass is 16.5. The van der Waals surface area contributed by atoms with Gasteiger partial charge < -0.3 is 14.8 Å². The number of hydrogen-bond donors (Lipinski definition) is 1. The van der Waals surface area contributed by atoms with Crippen LogP contribution in [0.25, 0.3) is 0 Å². The van der Waals surface area contributed by atoms with E-state index in [0.717, 1.165) is 48.7 Å². The molecule has 1 fully saturated rings. The fourth-order valence-electron chi connectivity index (χ4n) is 2.57. The molecule has 1 aromatic rings. The molecule has 1 aliphatic heterocycles. The van der Waals surface area contributed by atoms with Crippen LogP contribution in [-0.2, 0) is 11.3 Å². The molecule has 2 rings (SSSR count). The summed E-state index contributed by atoms with van der Waals surface area (Å²) in [6.45, 7) is 6.65. The van der Waals surface area contributed by atoms with E-state index in [2.05, 4.69) is 17.2 Å². The van der Waals surface area contributed by atoms with Gasteiger partial charge in [0.1, 0.15) is 5.75 Å². The zero-order chi connectivity index (χ0) is 13.7. The average molecular weight is 264 g/mol. The maximum atomic E-state index is 5.70. The second-order valence-corrected chi connectivity index (χ2v) is 5.17. The van der Waals surface area contributed by atoms with Gasteiger partial charge in [-0.05, 0) is 33.1 Å². The molecule has 0 amide bonds. The minimum Gasteiger partial charge on any atom is -0.496 e. The standard InChI is InChI=1S/C15H24N2O2/c1-11-8-17-14(12(2)15(11)18-3)10-16-9-13-6-4-5-7-19-13/h8,13,16H,4-7,9-10H2,1-3H3. The largest absolute Gasteiger partial charge is 0.496 e. The van der Waals surface area contributed by atoms with Crippen LogP contribution in [-0.4, -0.2) is 31.3 Å². The molecule has 1 unspecified atom stereocenters. The zero-order valence-corrected chi connectivity index (χ0v) is 12.2. The molecule has 106 valence electrons. The van der Waals surface area contributed by atoms with Crippen LogP contribution in [0.3, 0.4) is 0 Å². The van der Waals surface area contributed by atoms with Gasteiger partial charge in [-0.3, -0.25) is 4.98 Å². The van der Waals surface area contributed by atoms with Crippen molar-refractivity contribution in [1.82, 2.24) is 10.3 Å². The number of nitrogens with zero attached hydrogens (tertiary/aromatic N) is 1. The molecule has 0 radical (unpaired) electrons. The van der Waals surface area contributed by atoms with E-state index >= 15 is 0 Å². The molecule has 2 heterocycles. The smallest absolute Gasteiger partial charge is 0.128 e. The number of aryl methyl sites for hydroxylation is 1. The van der Waals surface area contributed by atoms with E-state index in [1.165, 1.54) is 12.8 Å². The Balaban J connectivity index is 1.88. The summed E-state index contributed by atoms with van der Waals surface area (Å²) in [6.07, 6.45) is 5.88. The SMILES string of the molecule is COc1c(C)cnc(CNCC2CCCCO2)c1C. The Morgan fingerprint density at radius 3 is 2.95 bits per heavy atom. The lowest BCUT2D eigenvalue weighted by atomic mass is 10.1. The zero-order valence-electron chi connectivity index (χ0n) is 12.2. The molecule has 4 nitrogen and oxygen atoms in total. The van der Waals surface area contributed by atoms with Crippen LogP contribution in [0.2, 0.25) is 0 Å². The summed E-state index contributed by atoms with van der Waals surface area (Å²) >= 11 is 0. The summed E-state index contributed by atoms with van der Waals surface area (Å²) in [6, 6.07) is 0. The highest BCUT2D eigenvalue weighted by molar-refractivity contribution is 5.40. The summed E-state index contributed by atoms with van der Waals surface area (Å²) in [5, 5.41) is 3.44. The van der Waals surface area contributed by atoms with Crippen LogP contribution in [0.4, 0.5) is 0 Å². The minimum atomic E-state index is 0.362. The minimum absolute atomic E-state index is 0.362. The number of nitrogens with one attached hydrogen (secondary N) is 1. The number of hydrogen-bond acceptors (Lipinski definition) is 4. The Morgan fingerprint density at radius 2 is 2.26 bits per heavy atom. The van der Waals surface area contributed by atoms with Crippen molar-refractivity contribution in [3.8, 4) is 5.75 Å². The van der Waals surface area contributed by atoms with Crippen molar-refractivity contribution in [2.75, 3.05) is 20.3 Å². The van der Waals surface area contributed by atoms with E-state index in [4.69, 9.17) is 9.47 Å². The maximum absolute atomic E-state index is 5.70. The van der Waals surface area contributed by atoms with Crippen LogP contribution in [0, 0.1) is 13.8 Å².